The molecule has 19 heavy (non-hydrogen) atoms. The van der Waals surface area contributed by atoms with Crippen molar-refractivity contribution < 1.29 is 8.42 Å². The Balaban J connectivity index is 2.56. The minimum atomic E-state index is -2.83. The van der Waals surface area contributed by atoms with E-state index in [2.05, 4.69) is 31.0 Å². The van der Waals surface area contributed by atoms with Crippen molar-refractivity contribution in [3.63, 3.8) is 0 Å². The molecule has 1 heterocycles. The first-order valence-electron chi connectivity index (χ1n) is 7.55. The zero-order valence-electron chi connectivity index (χ0n) is 12.9. The smallest absolute Gasteiger partial charge is 0.150 e. The van der Waals surface area contributed by atoms with Crippen LogP contribution in [0.5, 0.6) is 0 Å². The van der Waals surface area contributed by atoms with Crippen LogP contribution in [-0.4, -0.2) is 56.0 Å². The third kappa shape index (κ3) is 4.72. The standard InChI is InChI=1S/C14H30N2O2S/c1-5-13-11-16(14(4,6-2)12-15-13)9-8-10-19(17,18)7-3/h13,15H,5-12H2,1-4H3. The molecule has 0 aromatic carbocycles. The number of hydrogen-bond acceptors (Lipinski definition) is 4. The molecule has 4 nitrogen and oxygen atoms in total. The van der Waals surface area contributed by atoms with Crippen molar-refractivity contribution in [2.45, 2.75) is 58.5 Å². The second kappa shape index (κ2) is 7.04. The Hall–Kier alpha value is -0.130. The van der Waals surface area contributed by atoms with Crippen molar-refractivity contribution in [1.29, 1.82) is 0 Å². The number of hydrogen-bond donors (Lipinski definition) is 1. The van der Waals surface area contributed by atoms with E-state index in [1.165, 1.54) is 0 Å². The molecule has 1 aliphatic rings. The quantitative estimate of drug-likeness (QED) is 0.775. The molecule has 0 aromatic heterocycles. The third-order valence-electron chi connectivity index (χ3n) is 4.55. The topological polar surface area (TPSA) is 49.4 Å². The largest absolute Gasteiger partial charge is 0.311 e. The lowest BCUT2D eigenvalue weighted by atomic mass is 9.91. The molecular formula is C14H30N2O2S. The van der Waals surface area contributed by atoms with Crippen LogP contribution in [-0.2, 0) is 9.84 Å². The van der Waals surface area contributed by atoms with Crippen molar-refractivity contribution in [1.82, 2.24) is 10.2 Å². The molecule has 5 heteroatoms. The predicted molar refractivity (Wildman–Crippen MR) is 81.3 cm³/mol. The van der Waals surface area contributed by atoms with Crippen LogP contribution in [0.4, 0.5) is 0 Å². The molecule has 1 N–H and O–H groups in total. The Bertz CT molecular complexity index is 370. The molecular weight excluding hydrogens is 260 g/mol. The fraction of sp³-hybridized carbons (Fsp3) is 1.00. The van der Waals surface area contributed by atoms with Gasteiger partial charge in [-0.2, -0.15) is 0 Å². The molecule has 0 spiro atoms. The number of nitrogens with one attached hydrogen (secondary N) is 1. The maximum atomic E-state index is 11.6. The normalized spacial score (nSPS) is 29.6. The number of piperazine rings is 1. The van der Waals surface area contributed by atoms with Crippen molar-refractivity contribution in [3.05, 3.63) is 0 Å². The minimum Gasteiger partial charge on any atom is -0.311 e. The fourth-order valence-corrected chi connectivity index (χ4v) is 3.49. The molecule has 0 aromatic rings. The zero-order valence-corrected chi connectivity index (χ0v) is 13.7. The minimum absolute atomic E-state index is 0.168. The maximum Gasteiger partial charge on any atom is 0.150 e. The van der Waals surface area contributed by atoms with Gasteiger partial charge in [0.25, 0.3) is 0 Å². The van der Waals surface area contributed by atoms with E-state index in [9.17, 15) is 8.42 Å². The highest BCUT2D eigenvalue weighted by Crippen LogP contribution is 2.23. The summed E-state index contributed by atoms with van der Waals surface area (Å²) in [5.41, 5.74) is 0.168. The summed E-state index contributed by atoms with van der Waals surface area (Å²) in [4.78, 5) is 2.49. The first-order chi connectivity index (χ1) is 8.87. The second-order valence-corrected chi connectivity index (χ2v) is 8.35. The van der Waals surface area contributed by atoms with Gasteiger partial charge in [-0.1, -0.05) is 20.8 Å². The van der Waals surface area contributed by atoms with Gasteiger partial charge in [0.15, 0.2) is 0 Å². The first-order valence-corrected chi connectivity index (χ1v) is 9.38. The fourth-order valence-electron chi connectivity index (χ4n) is 2.63. The van der Waals surface area contributed by atoms with E-state index >= 15 is 0 Å². The molecule has 0 bridgehead atoms. The summed E-state index contributed by atoms with van der Waals surface area (Å²) in [7, 11) is -2.83. The van der Waals surface area contributed by atoms with Crippen molar-refractivity contribution in [3.8, 4) is 0 Å². The van der Waals surface area contributed by atoms with Crippen LogP contribution in [0.3, 0.4) is 0 Å². The molecule has 114 valence electrons. The zero-order chi connectivity index (χ0) is 14.5. The SMILES string of the molecule is CCC1CN(CCCS(=O)(=O)CC)C(C)(CC)CN1. The molecule has 0 radical (unpaired) electrons. The summed E-state index contributed by atoms with van der Waals surface area (Å²) in [6.07, 6.45) is 2.97. The number of sulfone groups is 1. The van der Waals surface area contributed by atoms with Crippen LogP contribution in [0.1, 0.15) is 47.0 Å². The first kappa shape index (κ1) is 16.9. The highest BCUT2D eigenvalue weighted by atomic mass is 32.2. The van der Waals surface area contributed by atoms with Gasteiger partial charge < -0.3 is 5.32 Å². The summed E-state index contributed by atoms with van der Waals surface area (Å²) in [5, 5.41) is 3.60. The molecule has 1 saturated heterocycles. The van der Waals surface area contributed by atoms with E-state index in [1.54, 1.807) is 6.92 Å². The highest BCUT2D eigenvalue weighted by molar-refractivity contribution is 7.91. The van der Waals surface area contributed by atoms with Gasteiger partial charge in [-0.3, -0.25) is 4.90 Å². The maximum absolute atomic E-state index is 11.6. The van der Waals surface area contributed by atoms with E-state index in [1.807, 2.05) is 0 Å². The van der Waals surface area contributed by atoms with Gasteiger partial charge in [0, 0.05) is 30.4 Å². The molecule has 2 unspecified atom stereocenters. The number of rotatable bonds is 7. The van der Waals surface area contributed by atoms with E-state index in [-0.39, 0.29) is 11.3 Å². The summed E-state index contributed by atoms with van der Waals surface area (Å²) in [6.45, 7) is 11.3. The van der Waals surface area contributed by atoms with Gasteiger partial charge in [-0.25, -0.2) is 8.42 Å². The summed E-state index contributed by atoms with van der Waals surface area (Å²) in [6, 6.07) is 0.544. The Morgan fingerprint density at radius 2 is 2.00 bits per heavy atom. The average molecular weight is 290 g/mol. The Kier molecular flexibility index (Phi) is 6.27. The molecule has 2 atom stereocenters. The Morgan fingerprint density at radius 3 is 2.53 bits per heavy atom. The number of nitrogens with zero attached hydrogens (tertiary/aromatic N) is 1. The van der Waals surface area contributed by atoms with Gasteiger partial charge in [0.1, 0.15) is 9.84 Å². The molecule has 0 aliphatic carbocycles. The van der Waals surface area contributed by atoms with Crippen LogP contribution in [0.15, 0.2) is 0 Å². The van der Waals surface area contributed by atoms with Crippen molar-refractivity contribution in [2.24, 2.45) is 0 Å². The van der Waals surface area contributed by atoms with E-state index < -0.39 is 9.84 Å². The van der Waals surface area contributed by atoms with E-state index in [4.69, 9.17) is 0 Å². The lowest BCUT2D eigenvalue weighted by Gasteiger charge is -2.48. The van der Waals surface area contributed by atoms with E-state index in [0.717, 1.165) is 38.9 Å². The van der Waals surface area contributed by atoms with E-state index in [0.29, 0.717) is 11.8 Å². The van der Waals surface area contributed by atoms with Crippen molar-refractivity contribution in [2.75, 3.05) is 31.1 Å². The Labute approximate surface area is 118 Å². The van der Waals surface area contributed by atoms with Crippen molar-refractivity contribution >= 4 is 9.84 Å². The van der Waals surface area contributed by atoms with Gasteiger partial charge >= 0.3 is 0 Å². The lowest BCUT2D eigenvalue weighted by Crippen LogP contribution is -2.63. The highest BCUT2D eigenvalue weighted by Gasteiger charge is 2.35. The average Bonchev–Trinajstić information content (AvgIpc) is 2.41. The Morgan fingerprint density at radius 1 is 1.32 bits per heavy atom. The van der Waals surface area contributed by atoms with Gasteiger partial charge in [-0.15, -0.1) is 0 Å². The molecule has 1 aliphatic heterocycles. The predicted octanol–water partition coefficient (Wildman–Crippen LogP) is 1.66. The molecule has 0 amide bonds. The van der Waals surface area contributed by atoms with Crippen LogP contribution in [0.25, 0.3) is 0 Å². The third-order valence-corrected chi connectivity index (χ3v) is 6.34. The van der Waals surface area contributed by atoms with Crippen LogP contribution < -0.4 is 5.32 Å². The van der Waals surface area contributed by atoms with Gasteiger partial charge in [0.2, 0.25) is 0 Å². The second-order valence-electron chi connectivity index (χ2n) is 5.87. The summed E-state index contributed by atoms with van der Waals surface area (Å²) >= 11 is 0. The summed E-state index contributed by atoms with van der Waals surface area (Å²) < 4.78 is 23.1. The van der Waals surface area contributed by atoms with Crippen LogP contribution in [0, 0.1) is 0 Å². The van der Waals surface area contributed by atoms with Gasteiger partial charge in [0.05, 0.1) is 5.75 Å². The van der Waals surface area contributed by atoms with Gasteiger partial charge in [-0.05, 0) is 32.7 Å². The molecule has 0 saturated carbocycles. The molecule has 1 fully saturated rings. The van der Waals surface area contributed by atoms with Crippen LogP contribution >= 0.6 is 0 Å². The van der Waals surface area contributed by atoms with Crippen LogP contribution in [0.2, 0.25) is 0 Å². The monoisotopic (exact) mass is 290 g/mol. The lowest BCUT2D eigenvalue weighted by molar-refractivity contribution is 0.0484. The summed E-state index contributed by atoms with van der Waals surface area (Å²) in [5.74, 6) is 0.585. The molecule has 1 rings (SSSR count).